The van der Waals surface area contributed by atoms with E-state index in [4.69, 9.17) is 23.7 Å². The second-order valence-electron chi connectivity index (χ2n) is 5.21. The van der Waals surface area contributed by atoms with Crippen molar-refractivity contribution in [3.8, 4) is 0 Å². The number of rotatable bonds is 12. The van der Waals surface area contributed by atoms with Crippen molar-refractivity contribution in [3.63, 3.8) is 0 Å². The SMILES string of the molecule is COCCOCCOCCCOCC(=O)OC(C)(C)C. The van der Waals surface area contributed by atoms with Gasteiger partial charge in [-0.1, -0.05) is 0 Å². The smallest absolute Gasteiger partial charge is 0.332 e. The molecule has 0 rings (SSSR count). The molecule has 0 N–H and O–H groups in total. The van der Waals surface area contributed by atoms with E-state index in [0.29, 0.717) is 39.6 Å². The Bertz CT molecular complexity index is 236. The molecule has 0 aromatic heterocycles. The molecule has 0 radical (unpaired) electrons. The van der Waals surface area contributed by atoms with Crippen molar-refractivity contribution in [3.05, 3.63) is 0 Å². The molecule has 20 heavy (non-hydrogen) atoms. The Hall–Kier alpha value is -0.690. The molecule has 0 heterocycles. The fraction of sp³-hybridized carbons (Fsp3) is 0.929. The predicted molar refractivity (Wildman–Crippen MR) is 74.8 cm³/mol. The summed E-state index contributed by atoms with van der Waals surface area (Å²) in [5, 5.41) is 0. The van der Waals surface area contributed by atoms with Crippen LogP contribution in [0.4, 0.5) is 0 Å². The van der Waals surface area contributed by atoms with Crippen LogP contribution in [0.5, 0.6) is 0 Å². The molecule has 0 atom stereocenters. The van der Waals surface area contributed by atoms with Crippen molar-refractivity contribution >= 4 is 5.97 Å². The van der Waals surface area contributed by atoms with Crippen molar-refractivity contribution in [2.24, 2.45) is 0 Å². The molecule has 0 saturated heterocycles. The molecule has 0 amide bonds. The molecule has 0 aromatic carbocycles. The third kappa shape index (κ3) is 15.4. The van der Waals surface area contributed by atoms with Crippen LogP contribution in [0.15, 0.2) is 0 Å². The van der Waals surface area contributed by atoms with E-state index >= 15 is 0 Å². The van der Waals surface area contributed by atoms with E-state index in [-0.39, 0.29) is 12.6 Å². The maximum absolute atomic E-state index is 11.3. The van der Waals surface area contributed by atoms with Gasteiger partial charge in [0.05, 0.1) is 26.4 Å². The van der Waals surface area contributed by atoms with Crippen LogP contribution in [-0.4, -0.2) is 64.9 Å². The minimum atomic E-state index is -0.466. The van der Waals surface area contributed by atoms with Crippen LogP contribution >= 0.6 is 0 Å². The van der Waals surface area contributed by atoms with Crippen molar-refractivity contribution in [1.29, 1.82) is 0 Å². The molecule has 0 spiro atoms. The molecule has 0 unspecified atom stereocenters. The summed E-state index contributed by atoms with van der Waals surface area (Å²) < 4.78 is 25.7. The first-order chi connectivity index (χ1) is 9.45. The Labute approximate surface area is 121 Å². The number of esters is 1. The van der Waals surface area contributed by atoms with Crippen LogP contribution in [0.2, 0.25) is 0 Å². The van der Waals surface area contributed by atoms with E-state index in [1.807, 2.05) is 20.8 Å². The second-order valence-corrected chi connectivity index (χ2v) is 5.21. The number of hydrogen-bond acceptors (Lipinski definition) is 6. The van der Waals surface area contributed by atoms with E-state index in [1.54, 1.807) is 7.11 Å². The van der Waals surface area contributed by atoms with Crippen LogP contribution in [0.25, 0.3) is 0 Å². The predicted octanol–water partition coefficient (Wildman–Crippen LogP) is 1.41. The van der Waals surface area contributed by atoms with Gasteiger partial charge in [-0.3, -0.25) is 0 Å². The first kappa shape index (κ1) is 19.3. The Morgan fingerprint density at radius 2 is 1.40 bits per heavy atom. The van der Waals surface area contributed by atoms with Crippen molar-refractivity contribution in [1.82, 2.24) is 0 Å². The van der Waals surface area contributed by atoms with Gasteiger partial charge in [0.1, 0.15) is 12.2 Å². The molecular weight excluding hydrogens is 264 g/mol. The summed E-state index contributed by atoms with van der Waals surface area (Å²) in [5.41, 5.74) is -0.466. The highest BCUT2D eigenvalue weighted by Gasteiger charge is 2.15. The lowest BCUT2D eigenvalue weighted by Gasteiger charge is -2.19. The Morgan fingerprint density at radius 1 is 0.850 bits per heavy atom. The van der Waals surface area contributed by atoms with Gasteiger partial charge in [-0.2, -0.15) is 0 Å². The lowest BCUT2D eigenvalue weighted by molar-refractivity contribution is -0.160. The summed E-state index contributed by atoms with van der Waals surface area (Å²) in [4.78, 5) is 11.3. The summed E-state index contributed by atoms with van der Waals surface area (Å²) >= 11 is 0. The molecule has 0 aromatic rings. The molecule has 0 fully saturated rings. The van der Waals surface area contributed by atoms with Gasteiger partial charge in [-0.25, -0.2) is 4.79 Å². The quantitative estimate of drug-likeness (QED) is 0.400. The first-order valence-electron chi connectivity index (χ1n) is 6.89. The standard InChI is InChI=1S/C14H28O6/c1-14(2,3)20-13(15)12-19-7-5-6-17-10-11-18-9-8-16-4/h5-12H2,1-4H3. The minimum Gasteiger partial charge on any atom is -0.458 e. The van der Waals surface area contributed by atoms with Gasteiger partial charge in [-0.15, -0.1) is 0 Å². The normalized spacial score (nSPS) is 11.6. The molecular formula is C14H28O6. The van der Waals surface area contributed by atoms with E-state index in [1.165, 1.54) is 0 Å². The number of methoxy groups -OCH3 is 1. The maximum atomic E-state index is 11.3. The highest BCUT2D eigenvalue weighted by atomic mass is 16.6. The van der Waals surface area contributed by atoms with Crippen LogP contribution in [0.3, 0.4) is 0 Å². The zero-order valence-corrected chi connectivity index (χ0v) is 13.1. The van der Waals surface area contributed by atoms with Crippen molar-refractivity contribution in [2.45, 2.75) is 32.8 Å². The van der Waals surface area contributed by atoms with E-state index < -0.39 is 5.60 Å². The Morgan fingerprint density at radius 3 is 2.00 bits per heavy atom. The third-order valence-electron chi connectivity index (χ3n) is 2.02. The average molecular weight is 292 g/mol. The van der Waals surface area contributed by atoms with E-state index in [2.05, 4.69) is 0 Å². The van der Waals surface area contributed by atoms with Gasteiger partial charge >= 0.3 is 5.97 Å². The molecule has 6 heteroatoms. The topological polar surface area (TPSA) is 63.2 Å². The summed E-state index contributed by atoms with van der Waals surface area (Å²) in [7, 11) is 1.64. The highest BCUT2D eigenvalue weighted by molar-refractivity contribution is 5.71. The van der Waals surface area contributed by atoms with E-state index in [0.717, 1.165) is 6.42 Å². The summed E-state index contributed by atoms with van der Waals surface area (Å²) in [6.45, 7) is 8.81. The van der Waals surface area contributed by atoms with E-state index in [9.17, 15) is 4.79 Å². The van der Waals surface area contributed by atoms with Crippen LogP contribution < -0.4 is 0 Å². The number of carbonyl (C=O) groups excluding carboxylic acids is 1. The minimum absolute atomic E-state index is 0.0165. The maximum Gasteiger partial charge on any atom is 0.332 e. The number of ether oxygens (including phenoxy) is 5. The Kier molecular flexibility index (Phi) is 11.7. The van der Waals surface area contributed by atoms with Crippen LogP contribution in [0, 0.1) is 0 Å². The van der Waals surface area contributed by atoms with Crippen LogP contribution in [0.1, 0.15) is 27.2 Å². The lowest BCUT2D eigenvalue weighted by Crippen LogP contribution is -2.26. The zero-order chi connectivity index (χ0) is 15.3. The number of hydrogen-bond donors (Lipinski definition) is 0. The molecule has 0 aliphatic rings. The number of carbonyl (C=O) groups is 1. The third-order valence-corrected chi connectivity index (χ3v) is 2.02. The fourth-order valence-corrected chi connectivity index (χ4v) is 1.25. The van der Waals surface area contributed by atoms with Gasteiger partial charge in [-0.05, 0) is 27.2 Å². The van der Waals surface area contributed by atoms with Crippen molar-refractivity contribution < 1.29 is 28.5 Å². The molecule has 0 saturated carbocycles. The zero-order valence-electron chi connectivity index (χ0n) is 13.1. The monoisotopic (exact) mass is 292 g/mol. The fourth-order valence-electron chi connectivity index (χ4n) is 1.25. The Balaban J connectivity index is 3.19. The first-order valence-corrected chi connectivity index (χ1v) is 6.89. The molecule has 0 bridgehead atoms. The summed E-state index contributed by atoms with van der Waals surface area (Å²) in [5.74, 6) is -0.343. The second kappa shape index (κ2) is 12.1. The summed E-state index contributed by atoms with van der Waals surface area (Å²) in [6, 6.07) is 0. The summed E-state index contributed by atoms with van der Waals surface area (Å²) in [6.07, 6.45) is 0.737. The molecule has 120 valence electrons. The van der Waals surface area contributed by atoms with Gasteiger partial charge in [0, 0.05) is 20.3 Å². The highest BCUT2D eigenvalue weighted by Crippen LogP contribution is 2.06. The molecule has 0 aliphatic carbocycles. The van der Waals surface area contributed by atoms with Gasteiger partial charge < -0.3 is 23.7 Å². The lowest BCUT2D eigenvalue weighted by atomic mass is 10.2. The van der Waals surface area contributed by atoms with Crippen molar-refractivity contribution in [2.75, 3.05) is 53.4 Å². The largest absolute Gasteiger partial charge is 0.458 e. The van der Waals surface area contributed by atoms with Crippen LogP contribution in [-0.2, 0) is 28.5 Å². The van der Waals surface area contributed by atoms with Gasteiger partial charge in [0.15, 0.2) is 0 Å². The average Bonchev–Trinajstić information content (AvgIpc) is 2.34. The van der Waals surface area contributed by atoms with Gasteiger partial charge in [0.2, 0.25) is 0 Å². The molecule has 0 aliphatic heterocycles. The van der Waals surface area contributed by atoms with Gasteiger partial charge in [0.25, 0.3) is 0 Å². The molecule has 6 nitrogen and oxygen atoms in total.